The van der Waals surface area contributed by atoms with E-state index < -0.39 is 5.91 Å². The number of rotatable bonds is 2. The fraction of sp³-hybridized carbons (Fsp3) is 0. The van der Waals surface area contributed by atoms with Crippen molar-refractivity contribution in [2.75, 3.05) is 0 Å². The van der Waals surface area contributed by atoms with Gasteiger partial charge in [0.2, 0.25) is 0 Å². The molecular formula is C15H12ClN3O2S. The molecule has 0 aliphatic heterocycles. The summed E-state index contributed by atoms with van der Waals surface area (Å²) in [7, 11) is 0. The minimum absolute atomic E-state index is 0.00997. The van der Waals surface area contributed by atoms with Crippen molar-refractivity contribution in [1.29, 1.82) is 0 Å². The molecule has 3 N–H and O–H groups in total. The molecule has 0 saturated heterocycles. The summed E-state index contributed by atoms with van der Waals surface area (Å²) in [5.41, 5.74) is 5.68. The van der Waals surface area contributed by atoms with E-state index in [9.17, 15) is 9.59 Å². The molecule has 2 amide bonds. The molecule has 112 valence electrons. The lowest BCUT2D eigenvalue weighted by molar-refractivity contribution is 0.0934. The standard InChI is InChI=1S/C15H12ClN3O2S/c16-12-8-4-7-11(9-12)14(21)18-19-15(22)17-13(20)10-5-2-1-3-6-10/h1-9H,(H,18,21)(H2,17,19,20,22). The summed E-state index contributed by atoms with van der Waals surface area (Å²) in [5.74, 6) is -0.783. The van der Waals surface area contributed by atoms with Crippen LogP contribution in [0.15, 0.2) is 54.6 Å². The van der Waals surface area contributed by atoms with E-state index in [-0.39, 0.29) is 11.0 Å². The molecule has 0 unspecified atom stereocenters. The molecule has 0 bridgehead atoms. The molecule has 0 atom stereocenters. The number of hydrogen-bond acceptors (Lipinski definition) is 3. The van der Waals surface area contributed by atoms with Crippen LogP contribution in [0.2, 0.25) is 5.02 Å². The maximum atomic E-state index is 11.9. The summed E-state index contributed by atoms with van der Waals surface area (Å²) in [5, 5.41) is 2.90. The first-order chi connectivity index (χ1) is 10.6. The zero-order valence-electron chi connectivity index (χ0n) is 11.3. The maximum absolute atomic E-state index is 11.9. The molecule has 22 heavy (non-hydrogen) atoms. The third-order valence-corrected chi connectivity index (χ3v) is 3.08. The monoisotopic (exact) mass is 333 g/mol. The molecule has 0 aliphatic rings. The van der Waals surface area contributed by atoms with E-state index in [2.05, 4.69) is 16.2 Å². The number of thiocarbonyl (C=S) groups is 1. The van der Waals surface area contributed by atoms with E-state index in [1.165, 1.54) is 6.07 Å². The van der Waals surface area contributed by atoms with Crippen LogP contribution >= 0.6 is 23.8 Å². The number of carbonyl (C=O) groups is 2. The Hall–Kier alpha value is -2.44. The Morgan fingerprint density at radius 2 is 1.55 bits per heavy atom. The van der Waals surface area contributed by atoms with E-state index in [0.717, 1.165) is 0 Å². The zero-order valence-corrected chi connectivity index (χ0v) is 12.9. The first-order valence-corrected chi connectivity index (χ1v) is 7.07. The molecule has 0 aliphatic carbocycles. The first kappa shape index (κ1) is 15.9. The lowest BCUT2D eigenvalue weighted by Crippen LogP contribution is -2.48. The summed E-state index contributed by atoms with van der Waals surface area (Å²) in [4.78, 5) is 23.7. The van der Waals surface area contributed by atoms with Crippen molar-refractivity contribution in [3.8, 4) is 0 Å². The fourth-order valence-electron chi connectivity index (χ4n) is 1.61. The van der Waals surface area contributed by atoms with Crippen LogP contribution in [0, 0.1) is 0 Å². The zero-order chi connectivity index (χ0) is 15.9. The Morgan fingerprint density at radius 3 is 2.23 bits per heavy atom. The summed E-state index contributed by atoms with van der Waals surface area (Å²) < 4.78 is 0. The van der Waals surface area contributed by atoms with Crippen LogP contribution in [0.5, 0.6) is 0 Å². The molecule has 0 fully saturated rings. The summed E-state index contributed by atoms with van der Waals surface area (Å²) in [6, 6.07) is 15.0. The van der Waals surface area contributed by atoms with Crippen molar-refractivity contribution in [2.45, 2.75) is 0 Å². The number of carbonyl (C=O) groups excluding carboxylic acids is 2. The second-order valence-corrected chi connectivity index (χ2v) is 5.08. The van der Waals surface area contributed by atoms with Gasteiger partial charge in [-0.3, -0.25) is 25.8 Å². The van der Waals surface area contributed by atoms with Crippen molar-refractivity contribution in [3.63, 3.8) is 0 Å². The molecule has 0 aromatic heterocycles. The predicted molar refractivity (Wildman–Crippen MR) is 88.6 cm³/mol. The van der Waals surface area contributed by atoms with Gasteiger partial charge in [0.15, 0.2) is 5.11 Å². The second-order valence-electron chi connectivity index (χ2n) is 4.24. The number of amides is 2. The van der Waals surface area contributed by atoms with Gasteiger partial charge in [-0.05, 0) is 42.5 Å². The van der Waals surface area contributed by atoms with E-state index in [0.29, 0.717) is 16.1 Å². The third-order valence-electron chi connectivity index (χ3n) is 2.64. The van der Waals surface area contributed by atoms with Crippen molar-refractivity contribution in [2.24, 2.45) is 0 Å². The largest absolute Gasteiger partial charge is 0.298 e. The van der Waals surface area contributed by atoms with Crippen molar-refractivity contribution < 1.29 is 9.59 Å². The highest BCUT2D eigenvalue weighted by Gasteiger charge is 2.09. The Labute approximate surface area is 137 Å². The Morgan fingerprint density at radius 1 is 0.864 bits per heavy atom. The smallest absolute Gasteiger partial charge is 0.269 e. The van der Waals surface area contributed by atoms with E-state index in [1.807, 2.05) is 0 Å². The van der Waals surface area contributed by atoms with Gasteiger partial charge in [-0.1, -0.05) is 35.9 Å². The van der Waals surface area contributed by atoms with Crippen LogP contribution in [0.4, 0.5) is 0 Å². The molecule has 0 saturated carbocycles. The topological polar surface area (TPSA) is 70.2 Å². The Balaban J connectivity index is 1.85. The van der Waals surface area contributed by atoms with Gasteiger partial charge in [0.05, 0.1) is 0 Å². The molecular weight excluding hydrogens is 322 g/mol. The molecule has 7 heteroatoms. The fourth-order valence-corrected chi connectivity index (χ4v) is 1.95. The highest BCUT2D eigenvalue weighted by atomic mass is 35.5. The Bertz CT molecular complexity index is 707. The normalized spacial score (nSPS) is 9.68. The SMILES string of the molecule is O=C(NNC(=S)NC(=O)c1ccccc1)c1cccc(Cl)c1. The number of nitrogens with one attached hydrogen (secondary N) is 3. The van der Waals surface area contributed by atoms with E-state index in [1.54, 1.807) is 48.5 Å². The third kappa shape index (κ3) is 4.54. The van der Waals surface area contributed by atoms with Gasteiger partial charge in [-0.2, -0.15) is 0 Å². The summed E-state index contributed by atoms with van der Waals surface area (Å²) >= 11 is 10.7. The van der Waals surface area contributed by atoms with E-state index in [4.69, 9.17) is 23.8 Å². The van der Waals surface area contributed by atoms with Crippen LogP contribution in [0.25, 0.3) is 0 Å². The summed E-state index contributed by atoms with van der Waals surface area (Å²) in [6.07, 6.45) is 0. The quantitative estimate of drug-likeness (QED) is 0.582. The minimum Gasteiger partial charge on any atom is -0.298 e. The average molecular weight is 334 g/mol. The first-order valence-electron chi connectivity index (χ1n) is 6.28. The molecule has 2 rings (SSSR count). The van der Waals surface area contributed by atoms with E-state index >= 15 is 0 Å². The van der Waals surface area contributed by atoms with Gasteiger partial charge < -0.3 is 0 Å². The highest BCUT2D eigenvalue weighted by molar-refractivity contribution is 7.80. The van der Waals surface area contributed by atoms with Gasteiger partial charge in [0.1, 0.15) is 0 Å². The minimum atomic E-state index is -0.418. The Kier molecular flexibility index (Phi) is 5.46. The number of benzene rings is 2. The molecule has 0 spiro atoms. The van der Waals surface area contributed by atoms with Crippen molar-refractivity contribution >= 4 is 40.7 Å². The van der Waals surface area contributed by atoms with Crippen molar-refractivity contribution in [3.05, 3.63) is 70.7 Å². The average Bonchev–Trinajstić information content (AvgIpc) is 2.53. The molecule has 0 heterocycles. The number of hydrogen-bond donors (Lipinski definition) is 3. The maximum Gasteiger partial charge on any atom is 0.269 e. The van der Waals surface area contributed by atoms with Gasteiger partial charge >= 0.3 is 0 Å². The highest BCUT2D eigenvalue weighted by Crippen LogP contribution is 2.10. The number of halogens is 1. The second kappa shape index (κ2) is 7.53. The van der Waals surface area contributed by atoms with Crippen LogP contribution in [0.1, 0.15) is 20.7 Å². The lowest BCUT2D eigenvalue weighted by atomic mass is 10.2. The number of hydrazine groups is 1. The van der Waals surface area contributed by atoms with Crippen LogP contribution in [0.3, 0.4) is 0 Å². The van der Waals surface area contributed by atoms with Gasteiger partial charge in [-0.15, -0.1) is 0 Å². The van der Waals surface area contributed by atoms with Crippen molar-refractivity contribution in [1.82, 2.24) is 16.2 Å². The molecule has 2 aromatic rings. The summed E-state index contributed by atoms with van der Waals surface area (Å²) in [6.45, 7) is 0. The van der Waals surface area contributed by atoms with Crippen LogP contribution < -0.4 is 16.2 Å². The molecule has 2 aromatic carbocycles. The van der Waals surface area contributed by atoms with Crippen LogP contribution in [-0.2, 0) is 0 Å². The predicted octanol–water partition coefficient (Wildman–Crippen LogP) is 2.29. The lowest BCUT2D eigenvalue weighted by Gasteiger charge is -2.10. The van der Waals surface area contributed by atoms with Gasteiger partial charge in [0.25, 0.3) is 11.8 Å². The van der Waals surface area contributed by atoms with Gasteiger partial charge in [0, 0.05) is 16.1 Å². The molecule has 0 radical (unpaired) electrons. The van der Waals surface area contributed by atoms with Crippen LogP contribution in [-0.4, -0.2) is 16.9 Å². The van der Waals surface area contributed by atoms with Gasteiger partial charge in [-0.25, -0.2) is 0 Å². The molecule has 5 nitrogen and oxygen atoms in total.